The molecule has 8 atom stereocenters. The maximum absolute atomic E-state index is 12.9. The molecule has 6 heteroatoms. The van der Waals surface area contributed by atoms with Crippen molar-refractivity contribution in [1.82, 2.24) is 0 Å². The van der Waals surface area contributed by atoms with Crippen molar-refractivity contribution in [3.05, 3.63) is 66.2 Å². The standard InChI is InChI=1S/C61H86N2O4/c1-47(2)28-27-29-48(3)55-40-41-56-54-39-34-49-46-53(42-44-60(49,4)57(54)43-45-61(55,56)5)67-59(65)33-26-21-19-17-15-13-11-9-7-6-8-10-12-14-16-18-20-25-32-58(64)66-52-37-35-51(36-38-52)63-62-50-30-23-22-24-31-50/h22-24,30-31,34-38,47-48,53-57H,10-21,25-29,32-33,39-46H2,1-5H3/t48-,53+,54+,55-,56+,57+,60+,61-/m1/s1. The average molecular weight is 911 g/mol. The second-order valence-electron chi connectivity index (χ2n) is 22.0. The number of azo groups is 1. The Morgan fingerprint density at radius 2 is 1.27 bits per heavy atom. The minimum Gasteiger partial charge on any atom is -0.462 e. The number of benzene rings is 2. The predicted octanol–water partition coefficient (Wildman–Crippen LogP) is 17.2. The molecule has 0 spiro atoms. The molecule has 0 amide bonds. The molecular weight excluding hydrogens is 825 g/mol. The minimum absolute atomic E-state index is 0.0164. The van der Waals surface area contributed by atoms with E-state index in [2.05, 4.69) is 74.6 Å². The molecule has 0 aromatic heterocycles. The Balaban J connectivity index is 0.728. The fraction of sp³-hybridized carbons (Fsp3) is 0.672. The van der Waals surface area contributed by atoms with E-state index < -0.39 is 0 Å². The lowest BCUT2D eigenvalue weighted by molar-refractivity contribution is -0.151. The van der Waals surface area contributed by atoms with Gasteiger partial charge in [-0.2, -0.15) is 10.2 Å². The molecule has 2 aromatic carbocycles. The molecule has 364 valence electrons. The number of hydrogen-bond acceptors (Lipinski definition) is 6. The van der Waals surface area contributed by atoms with Gasteiger partial charge in [0.1, 0.15) is 11.9 Å². The fourth-order valence-electron chi connectivity index (χ4n) is 13.0. The molecule has 4 aliphatic carbocycles. The van der Waals surface area contributed by atoms with E-state index in [1.807, 2.05) is 30.3 Å². The van der Waals surface area contributed by atoms with Crippen LogP contribution in [0.2, 0.25) is 0 Å². The highest BCUT2D eigenvalue weighted by Crippen LogP contribution is 2.67. The topological polar surface area (TPSA) is 77.3 Å². The van der Waals surface area contributed by atoms with Crippen molar-refractivity contribution in [3.63, 3.8) is 0 Å². The summed E-state index contributed by atoms with van der Waals surface area (Å²) in [5.41, 5.74) is 3.95. The number of hydrogen-bond donors (Lipinski definition) is 0. The summed E-state index contributed by atoms with van der Waals surface area (Å²) in [4.78, 5) is 25.2. The molecule has 0 aliphatic heterocycles. The van der Waals surface area contributed by atoms with E-state index in [1.165, 1.54) is 77.0 Å². The summed E-state index contributed by atoms with van der Waals surface area (Å²) in [5.74, 6) is 18.0. The van der Waals surface area contributed by atoms with Gasteiger partial charge in [-0.05, 0) is 165 Å². The summed E-state index contributed by atoms with van der Waals surface area (Å²) in [6, 6.07) is 16.7. The molecule has 4 aliphatic rings. The largest absolute Gasteiger partial charge is 0.462 e. The van der Waals surface area contributed by atoms with Crippen LogP contribution in [0.3, 0.4) is 0 Å². The summed E-state index contributed by atoms with van der Waals surface area (Å²) in [6.45, 7) is 12.6. The molecule has 6 rings (SSSR count). The van der Waals surface area contributed by atoms with Crippen LogP contribution >= 0.6 is 0 Å². The van der Waals surface area contributed by atoms with Gasteiger partial charge in [0.2, 0.25) is 0 Å². The maximum Gasteiger partial charge on any atom is 0.311 e. The molecule has 3 fully saturated rings. The van der Waals surface area contributed by atoms with Crippen molar-refractivity contribution in [2.24, 2.45) is 56.6 Å². The van der Waals surface area contributed by atoms with Crippen molar-refractivity contribution in [2.75, 3.05) is 0 Å². The van der Waals surface area contributed by atoms with Crippen molar-refractivity contribution >= 4 is 23.3 Å². The van der Waals surface area contributed by atoms with Crippen LogP contribution in [0.15, 0.2) is 76.5 Å². The zero-order valence-electron chi connectivity index (χ0n) is 42.4. The van der Waals surface area contributed by atoms with Crippen LogP contribution in [0.1, 0.15) is 208 Å². The Morgan fingerprint density at radius 3 is 1.93 bits per heavy atom. The Hall–Kier alpha value is -4.16. The number of esters is 2. The van der Waals surface area contributed by atoms with E-state index in [0.717, 1.165) is 125 Å². The Labute approximate surface area is 407 Å². The SMILES string of the molecule is CC(C)CCC[C@@H](C)[C@H]1CC[C@H]2[C@@H]3CC=C4C[C@@H](OC(=O)CCCCCCCCC#CC#CCCCCCCCCC(=O)Oc5ccc(N=Nc6ccccc6)cc5)CC[C@]4(C)[C@H]3CC[C@]12C. The number of unbranched alkanes of at least 4 members (excludes halogenated alkanes) is 12. The zero-order valence-corrected chi connectivity index (χ0v) is 42.4. The highest BCUT2D eigenvalue weighted by Gasteiger charge is 2.59. The Morgan fingerprint density at radius 1 is 0.657 bits per heavy atom. The van der Waals surface area contributed by atoms with Crippen molar-refractivity contribution in [3.8, 4) is 29.4 Å². The van der Waals surface area contributed by atoms with Crippen LogP contribution in [0.4, 0.5) is 11.4 Å². The van der Waals surface area contributed by atoms with Gasteiger partial charge in [0.15, 0.2) is 0 Å². The summed E-state index contributed by atoms with van der Waals surface area (Å²) in [5, 5.41) is 8.43. The molecule has 0 N–H and O–H groups in total. The van der Waals surface area contributed by atoms with Gasteiger partial charge >= 0.3 is 11.9 Å². The third kappa shape index (κ3) is 15.9. The summed E-state index contributed by atoms with van der Waals surface area (Å²) in [7, 11) is 0. The van der Waals surface area contributed by atoms with Crippen molar-refractivity contribution < 1.29 is 19.1 Å². The number of allylic oxidation sites excluding steroid dienone is 1. The number of carbonyl (C=O) groups is 2. The van der Waals surface area contributed by atoms with Gasteiger partial charge in [0.05, 0.1) is 11.4 Å². The van der Waals surface area contributed by atoms with Crippen LogP contribution in [-0.4, -0.2) is 18.0 Å². The normalized spacial score (nSPS) is 25.7. The van der Waals surface area contributed by atoms with Gasteiger partial charge in [0.25, 0.3) is 0 Å². The second-order valence-corrected chi connectivity index (χ2v) is 22.0. The first kappa shape index (κ1) is 52.2. The maximum atomic E-state index is 12.9. The van der Waals surface area contributed by atoms with Crippen LogP contribution in [0.25, 0.3) is 0 Å². The van der Waals surface area contributed by atoms with Crippen molar-refractivity contribution in [2.45, 2.75) is 214 Å². The lowest BCUT2D eigenvalue weighted by Gasteiger charge is -2.58. The lowest BCUT2D eigenvalue weighted by Crippen LogP contribution is -2.51. The number of fused-ring (bicyclic) bond motifs is 5. The van der Waals surface area contributed by atoms with Crippen LogP contribution in [0.5, 0.6) is 5.75 Å². The molecule has 2 aromatic rings. The minimum atomic E-state index is -0.197. The third-order valence-electron chi connectivity index (χ3n) is 16.8. The van der Waals surface area contributed by atoms with Crippen LogP contribution < -0.4 is 4.74 Å². The molecule has 0 heterocycles. The Bertz CT molecular complexity index is 2010. The predicted molar refractivity (Wildman–Crippen MR) is 275 cm³/mol. The van der Waals surface area contributed by atoms with E-state index in [0.29, 0.717) is 35.1 Å². The molecule has 6 nitrogen and oxygen atoms in total. The first-order valence-corrected chi connectivity index (χ1v) is 27.2. The van der Waals surface area contributed by atoms with Crippen LogP contribution in [-0.2, 0) is 14.3 Å². The van der Waals surface area contributed by atoms with Gasteiger partial charge < -0.3 is 9.47 Å². The quantitative estimate of drug-likeness (QED) is 0.0248. The average Bonchev–Trinajstić information content (AvgIpc) is 3.68. The fourth-order valence-corrected chi connectivity index (χ4v) is 13.0. The van der Waals surface area contributed by atoms with E-state index >= 15 is 0 Å². The molecule has 0 unspecified atom stereocenters. The highest BCUT2D eigenvalue weighted by molar-refractivity contribution is 5.72. The van der Waals surface area contributed by atoms with Gasteiger partial charge in [-0.15, -0.1) is 0 Å². The van der Waals surface area contributed by atoms with Crippen LogP contribution in [0, 0.1) is 70.0 Å². The Kier molecular flexibility index (Phi) is 21.2. The van der Waals surface area contributed by atoms with Gasteiger partial charge in [0, 0.05) is 32.1 Å². The monoisotopic (exact) mass is 911 g/mol. The van der Waals surface area contributed by atoms with E-state index in [1.54, 1.807) is 29.8 Å². The van der Waals surface area contributed by atoms with Gasteiger partial charge in [-0.25, -0.2) is 0 Å². The van der Waals surface area contributed by atoms with Gasteiger partial charge in [-0.3, -0.25) is 9.59 Å². The molecule has 67 heavy (non-hydrogen) atoms. The third-order valence-corrected chi connectivity index (χ3v) is 16.8. The lowest BCUT2D eigenvalue weighted by atomic mass is 9.47. The smallest absolute Gasteiger partial charge is 0.311 e. The number of rotatable bonds is 25. The first-order chi connectivity index (χ1) is 32.5. The molecular formula is C61H86N2O4. The molecule has 0 saturated heterocycles. The number of carbonyl (C=O) groups excluding carboxylic acids is 2. The molecule has 0 bridgehead atoms. The van der Waals surface area contributed by atoms with E-state index in [4.69, 9.17) is 9.47 Å². The van der Waals surface area contributed by atoms with Crippen molar-refractivity contribution in [1.29, 1.82) is 0 Å². The van der Waals surface area contributed by atoms with E-state index in [9.17, 15) is 9.59 Å². The molecule has 3 saturated carbocycles. The second kappa shape index (κ2) is 27.1. The zero-order chi connectivity index (χ0) is 47.3. The number of nitrogens with zero attached hydrogens (tertiary/aromatic N) is 2. The highest BCUT2D eigenvalue weighted by atomic mass is 16.5. The summed E-state index contributed by atoms with van der Waals surface area (Å²) < 4.78 is 11.6. The summed E-state index contributed by atoms with van der Waals surface area (Å²) in [6.07, 6.45) is 32.9. The van der Waals surface area contributed by atoms with E-state index in [-0.39, 0.29) is 18.0 Å². The first-order valence-electron chi connectivity index (χ1n) is 27.2. The van der Waals surface area contributed by atoms with Gasteiger partial charge in [-0.1, -0.05) is 147 Å². The number of ether oxygens (including phenoxy) is 2. The summed E-state index contributed by atoms with van der Waals surface area (Å²) >= 11 is 0. The molecule has 0 radical (unpaired) electrons.